The Labute approximate surface area is 121 Å². The fourth-order valence-electron chi connectivity index (χ4n) is 3.43. The normalized spacial score (nSPS) is 23.7. The van der Waals surface area contributed by atoms with Crippen LogP contribution in [0.25, 0.3) is 0 Å². The summed E-state index contributed by atoms with van der Waals surface area (Å²) in [5, 5.41) is 10.6. The number of hydrogen-bond donors (Lipinski definition) is 0. The van der Waals surface area contributed by atoms with Crippen LogP contribution in [0, 0.1) is 21.3 Å². The van der Waals surface area contributed by atoms with Gasteiger partial charge in [0.25, 0.3) is 0 Å². The third-order valence-electron chi connectivity index (χ3n) is 4.68. The minimum atomic E-state index is -0.916. The van der Waals surface area contributed by atoms with Crippen LogP contribution in [0.4, 0.5) is 10.1 Å². The molecule has 5 nitrogen and oxygen atoms in total. The van der Waals surface area contributed by atoms with Crippen molar-refractivity contribution in [1.82, 2.24) is 0 Å². The zero-order valence-electron chi connectivity index (χ0n) is 11.5. The number of Topliss-reactive ketones (excluding diaryl/α,β-unsaturated/α-hetero) is 1. The maximum absolute atomic E-state index is 13.6. The van der Waals surface area contributed by atoms with E-state index in [1.807, 2.05) is 0 Å². The van der Waals surface area contributed by atoms with Crippen LogP contribution in [-0.2, 0) is 4.79 Å². The van der Waals surface area contributed by atoms with E-state index in [9.17, 15) is 19.3 Å². The van der Waals surface area contributed by atoms with Gasteiger partial charge in [-0.05, 0) is 18.9 Å². The molecular weight excluding hydrogens is 277 g/mol. The molecule has 2 aliphatic carbocycles. The third-order valence-corrected chi connectivity index (χ3v) is 4.68. The molecule has 1 atom stereocenters. The largest absolute Gasteiger partial charge is 0.489 e. The molecule has 0 saturated heterocycles. The van der Waals surface area contributed by atoms with Crippen LogP contribution >= 0.6 is 0 Å². The molecule has 2 aliphatic rings. The quantitative estimate of drug-likeness (QED) is 0.632. The summed E-state index contributed by atoms with van der Waals surface area (Å²) in [5.74, 6) is -0.434. The zero-order chi connectivity index (χ0) is 15.0. The minimum absolute atomic E-state index is 0.230. The van der Waals surface area contributed by atoms with E-state index >= 15 is 0 Å². The number of rotatable bonds is 3. The van der Waals surface area contributed by atoms with Crippen LogP contribution in [0.3, 0.4) is 0 Å². The Morgan fingerprint density at radius 2 is 2.00 bits per heavy atom. The van der Waals surface area contributed by atoms with Crippen LogP contribution in [-0.4, -0.2) is 16.8 Å². The number of benzene rings is 1. The molecule has 0 N–H and O–H groups in total. The Morgan fingerprint density at radius 3 is 2.57 bits per heavy atom. The predicted octanol–water partition coefficient (Wildman–Crippen LogP) is 3.40. The van der Waals surface area contributed by atoms with Gasteiger partial charge in [-0.2, -0.15) is 4.39 Å². The molecule has 1 spiro atoms. The molecule has 0 radical (unpaired) electrons. The van der Waals surface area contributed by atoms with Gasteiger partial charge < -0.3 is 4.74 Å². The predicted molar refractivity (Wildman–Crippen MR) is 72.6 cm³/mol. The first-order valence-electron chi connectivity index (χ1n) is 7.17. The van der Waals surface area contributed by atoms with Crippen LogP contribution in [0.2, 0.25) is 0 Å². The molecule has 112 valence electrons. The zero-order valence-corrected chi connectivity index (χ0v) is 11.5. The molecule has 2 saturated carbocycles. The van der Waals surface area contributed by atoms with Crippen LogP contribution < -0.4 is 4.74 Å². The average Bonchev–Trinajstić information content (AvgIpc) is 2.47. The number of ether oxygens (including phenoxy) is 1. The second-order valence-electron chi connectivity index (χ2n) is 5.82. The lowest BCUT2D eigenvalue weighted by Gasteiger charge is -2.49. The molecule has 0 heterocycles. The minimum Gasteiger partial charge on any atom is -0.489 e. The second kappa shape index (κ2) is 5.09. The molecule has 0 aliphatic heterocycles. The van der Waals surface area contributed by atoms with E-state index in [-0.39, 0.29) is 17.6 Å². The van der Waals surface area contributed by atoms with Gasteiger partial charge in [0.05, 0.1) is 10.3 Å². The number of nitrogens with zero attached hydrogens (tertiary/aromatic N) is 1. The summed E-state index contributed by atoms with van der Waals surface area (Å²) in [5.41, 5.74) is -0.976. The highest BCUT2D eigenvalue weighted by Gasteiger charge is 2.56. The first kappa shape index (κ1) is 14.0. The van der Waals surface area contributed by atoms with Crippen molar-refractivity contribution < 1.29 is 18.8 Å². The number of halogens is 1. The molecule has 0 aromatic heterocycles. The van der Waals surface area contributed by atoms with Crippen LogP contribution in [0.1, 0.15) is 38.5 Å². The molecular formula is C15H16FNO4. The SMILES string of the molecule is O=C1CC(Oc2ccc([N+](=O)[O-])c(F)c2)C12CCCCC2. The van der Waals surface area contributed by atoms with Crippen molar-refractivity contribution in [3.63, 3.8) is 0 Å². The van der Waals surface area contributed by atoms with E-state index in [4.69, 9.17) is 4.74 Å². The Kier molecular flexibility index (Phi) is 3.39. The molecule has 0 amide bonds. The number of carbonyl (C=O) groups is 1. The number of ketones is 1. The molecule has 0 bridgehead atoms. The summed E-state index contributed by atoms with van der Waals surface area (Å²) < 4.78 is 19.3. The second-order valence-corrected chi connectivity index (χ2v) is 5.82. The van der Waals surface area contributed by atoms with Gasteiger partial charge in [0, 0.05) is 18.6 Å². The monoisotopic (exact) mass is 293 g/mol. The van der Waals surface area contributed by atoms with Crippen molar-refractivity contribution in [1.29, 1.82) is 0 Å². The summed E-state index contributed by atoms with van der Waals surface area (Å²) in [6, 6.07) is 3.51. The molecule has 2 fully saturated rings. The summed E-state index contributed by atoms with van der Waals surface area (Å²) in [4.78, 5) is 21.8. The molecule has 6 heteroatoms. The first-order chi connectivity index (χ1) is 10.0. The Morgan fingerprint density at radius 1 is 1.29 bits per heavy atom. The third kappa shape index (κ3) is 2.28. The van der Waals surface area contributed by atoms with Crippen molar-refractivity contribution in [3.05, 3.63) is 34.1 Å². The number of hydrogen-bond acceptors (Lipinski definition) is 4. The number of nitro groups is 1. The maximum Gasteiger partial charge on any atom is 0.305 e. The van der Waals surface area contributed by atoms with Gasteiger partial charge in [0.15, 0.2) is 0 Å². The highest BCUT2D eigenvalue weighted by molar-refractivity contribution is 5.92. The van der Waals surface area contributed by atoms with Gasteiger partial charge >= 0.3 is 5.69 Å². The van der Waals surface area contributed by atoms with Gasteiger partial charge in [-0.15, -0.1) is 0 Å². The molecule has 1 aromatic carbocycles. The van der Waals surface area contributed by atoms with Crippen molar-refractivity contribution in [2.45, 2.75) is 44.6 Å². The Hall–Kier alpha value is -1.98. The summed E-state index contributed by atoms with van der Waals surface area (Å²) in [6.45, 7) is 0. The fraction of sp³-hybridized carbons (Fsp3) is 0.533. The topological polar surface area (TPSA) is 69.4 Å². The van der Waals surface area contributed by atoms with Crippen molar-refractivity contribution in [3.8, 4) is 5.75 Å². The maximum atomic E-state index is 13.6. The first-order valence-corrected chi connectivity index (χ1v) is 7.17. The Bertz CT molecular complexity index is 595. The van der Waals surface area contributed by atoms with E-state index in [1.54, 1.807) is 0 Å². The van der Waals surface area contributed by atoms with Gasteiger partial charge in [0.1, 0.15) is 17.6 Å². The van der Waals surface area contributed by atoms with Crippen molar-refractivity contribution in [2.24, 2.45) is 5.41 Å². The fourth-order valence-corrected chi connectivity index (χ4v) is 3.43. The van der Waals surface area contributed by atoms with Crippen molar-refractivity contribution in [2.75, 3.05) is 0 Å². The van der Waals surface area contributed by atoms with E-state index in [0.29, 0.717) is 6.42 Å². The van der Waals surface area contributed by atoms with Crippen LogP contribution in [0.15, 0.2) is 18.2 Å². The van der Waals surface area contributed by atoms with Gasteiger partial charge in [-0.1, -0.05) is 19.3 Å². The van der Waals surface area contributed by atoms with Gasteiger partial charge in [-0.25, -0.2) is 0 Å². The van der Waals surface area contributed by atoms with E-state index < -0.39 is 21.8 Å². The lowest BCUT2D eigenvalue weighted by Crippen LogP contribution is -2.57. The smallest absolute Gasteiger partial charge is 0.305 e. The molecule has 1 aromatic rings. The molecule has 3 rings (SSSR count). The van der Waals surface area contributed by atoms with Gasteiger partial charge in [-0.3, -0.25) is 14.9 Å². The highest BCUT2D eigenvalue weighted by atomic mass is 19.1. The van der Waals surface area contributed by atoms with Gasteiger partial charge in [0.2, 0.25) is 5.82 Å². The molecule has 1 unspecified atom stereocenters. The average molecular weight is 293 g/mol. The lowest BCUT2D eigenvalue weighted by atomic mass is 9.57. The van der Waals surface area contributed by atoms with Crippen molar-refractivity contribution >= 4 is 11.5 Å². The summed E-state index contributed by atoms with van der Waals surface area (Å²) in [7, 11) is 0. The lowest BCUT2D eigenvalue weighted by molar-refractivity contribution is -0.387. The van der Waals surface area contributed by atoms with Crippen LogP contribution in [0.5, 0.6) is 5.75 Å². The van der Waals surface area contributed by atoms with E-state index in [2.05, 4.69) is 0 Å². The Balaban J connectivity index is 1.76. The number of nitro benzene ring substituents is 1. The summed E-state index contributed by atoms with van der Waals surface area (Å²) >= 11 is 0. The van der Waals surface area contributed by atoms with E-state index in [0.717, 1.165) is 44.2 Å². The summed E-state index contributed by atoms with van der Waals surface area (Å²) in [6.07, 6.45) is 4.93. The van der Waals surface area contributed by atoms with E-state index in [1.165, 1.54) is 6.07 Å². The standard InChI is InChI=1S/C15H16FNO4/c16-11-8-10(4-5-12(11)17(19)20)21-14-9-13(18)15(14)6-2-1-3-7-15/h4-5,8,14H,1-3,6-7,9H2. The number of carbonyl (C=O) groups excluding carboxylic acids is 1. The highest BCUT2D eigenvalue weighted by Crippen LogP contribution is 2.50. The molecule has 21 heavy (non-hydrogen) atoms.